The molecule has 6 heteroatoms. The van der Waals surface area contributed by atoms with Gasteiger partial charge >= 0.3 is 0 Å². The maximum absolute atomic E-state index is 11.3. The van der Waals surface area contributed by atoms with E-state index in [2.05, 4.69) is 11.9 Å². The van der Waals surface area contributed by atoms with E-state index in [1.165, 1.54) is 12.3 Å². The summed E-state index contributed by atoms with van der Waals surface area (Å²) >= 11 is 0. The first-order valence-corrected chi connectivity index (χ1v) is 6.53. The van der Waals surface area contributed by atoms with Crippen molar-refractivity contribution in [3.05, 3.63) is 30.3 Å². The Morgan fingerprint density at radius 2 is 2.19 bits per heavy atom. The van der Waals surface area contributed by atoms with E-state index in [1.807, 2.05) is 0 Å². The predicted octanol–water partition coefficient (Wildman–Crippen LogP) is 0.351. The molecule has 1 rings (SSSR count). The summed E-state index contributed by atoms with van der Waals surface area (Å²) in [5, 5.41) is -0.271. The number of pyridine rings is 1. The van der Waals surface area contributed by atoms with Gasteiger partial charge in [-0.15, -0.1) is 0 Å². The van der Waals surface area contributed by atoms with Crippen molar-refractivity contribution >= 4 is 15.7 Å². The number of aryl methyl sites for hydroxylation is 1. The number of nitrogens with zero attached hydrogens (tertiary/aromatic N) is 1. The zero-order valence-electron chi connectivity index (χ0n) is 8.93. The van der Waals surface area contributed by atoms with Gasteiger partial charge in [0.15, 0.2) is 14.9 Å². The Morgan fingerprint density at radius 3 is 2.62 bits per heavy atom. The molecule has 0 atom stereocenters. The van der Waals surface area contributed by atoms with Gasteiger partial charge in [0.1, 0.15) is 0 Å². The summed E-state index contributed by atoms with van der Waals surface area (Å²) in [6.07, 6.45) is 3.67. The lowest BCUT2D eigenvalue weighted by Crippen LogP contribution is -2.17. The van der Waals surface area contributed by atoms with E-state index in [4.69, 9.17) is 5.73 Å². The standard InChI is InChI=1S/C10H13N2O3S/c1-3-4-7-5-8(9(11)13)10(12-6-7)16(2,14)15/h5-6H,1,3-4H2,2H3,(H2,11,13). The molecule has 0 saturated heterocycles. The van der Waals surface area contributed by atoms with E-state index in [0.717, 1.165) is 11.8 Å². The Morgan fingerprint density at radius 1 is 1.56 bits per heavy atom. The molecular weight excluding hydrogens is 228 g/mol. The third-order valence-electron chi connectivity index (χ3n) is 1.99. The molecule has 16 heavy (non-hydrogen) atoms. The second-order valence-corrected chi connectivity index (χ2v) is 5.37. The molecule has 1 radical (unpaired) electrons. The Balaban J connectivity index is 3.37. The molecule has 0 aliphatic rings. The molecule has 0 bridgehead atoms. The van der Waals surface area contributed by atoms with Crippen LogP contribution in [0.15, 0.2) is 17.3 Å². The van der Waals surface area contributed by atoms with E-state index < -0.39 is 15.7 Å². The number of nitrogens with two attached hydrogens (primary N) is 1. The number of sulfone groups is 1. The molecule has 0 saturated carbocycles. The number of hydrogen-bond acceptors (Lipinski definition) is 4. The SMILES string of the molecule is [CH2]CCc1cnc(S(C)(=O)=O)c(C(N)=O)c1. The van der Waals surface area contributed by atoms with Gasteiger partial charge in [0.05, 0.1) is 5.56 Å². The minimum Gasteiger partial charge on any atom is -0.366 e. The fourth-order valence-electron chi connectivity index (χ4n) is 1.31. The Bertz CT molecular complexity index is 509. The van der Waals surface area contributed by atoms with Gasteiger partial charge in [-0.05, 0) is 24.5 Å². The van der Waals surface area contributed by atoms with Crippen LogP contribution in [0, 0.1) is 6.92 Å². The van der Waals surface area contributed by atoms with E-state index in [9.17, 15) is 13.2 Å². The molecule has 0 aromatic carbocycles. The molecule has 0 unspecified atom stereocenters. The van der Waals surface area contributed by atoms with Crippen molar-refractivity contribution in [2.24, 2.45) is 5.73 Å². The number of hydrogen-bond donors (Lipinski definition) is 1. The zero-order valence-corrected chi connectivity index (χ0v) is 9.75. The average Bonchev–Trinajstić information content (AvgIpc) is 2.16. The fraction of sp³-hybridized carbons (Fsp3) is 0.300. The summed E-state index contributed by atoms with van der Waals surface area (Å²) < 4.78 is 22.7. The number of carbonyl (C=O) groups is 1. The summed E-state index contributed by atoms with van der Waals surface area (Å²) in [5.74, 6) is -0.793. The molecule has 1 heterocycles. The van der Waals surface area contributed by atoms with Gasteiger partial charge in [0.2, 0.25) is 0 Å². The van der Waals surface area contributed by atoms with Crippen molar-refractivity contribution in [1.29, 1.82) is 0 Å². The number of amides is 1. The van der Waals surface area contributed by atoms with E-state index in [-0.39, 0.29) is 10.6 Å². The van der Waals surface area contributed by atoms with Crippen molar-refractivity contribution in [3.63, 3.8) is 0 Å². The largest absolute Gasteiger partial charge is 0.366 e. The first kappa shape index (κ1) is 12.6. The van der Waals surface area contributed by atoms with Crippen LogP contribution in [0.3, 0.4) is 0 Å². The Hall–Kier alpha value is -1.43. The predicted molar refractivity (Wildman–Crippen MR) is 59.5 cm³/mol. The number of carbonyl (C=O) groups excluding carboxylic acids is 1. The maximum atomic E-state index is 11.3. The second-order valence-electron chi connectivity index (χ2n) is 3.44. The molecule has 2 N–H and O–H groups in total. The van der Waals surface area contributed by atoms with Crippen LogP contribution in [0.2, 0.25) is 0 Å². The molecule has 0 spiro atoms. The minimum atomic E-state index is -3.54. The lowest BCUT2D eigenvalue weighted by atomic mass is 10.1. The molecular formula is C10H13N2O3S. The zero-order chi connectivity index (χ0) is 12.3. The Labute approximate surface area is 94.6 Å². The lowest BCUT2D eigenvalue weighted by molar-refractivity contribution is 0.0996. The van der Waals surface area contributed by atoms with Crippen LogP contribution >= 0.6 is 0 Å². The van der Waals surface area contributed by atoms with Crippen molar-refractivity contribution in [3.8, 4) is 0 Å². The smallest absolute Gasteiger partial charge is 0.251 e. The maximum Gasteiger partial charge on any atom is 0.251 e. The highest BCUT2D eigenvalue weighted by Crippen LogP contribution is 2.14. The highest BCUT2D eigenvalue weighted by Gasteiger charge is 2.19. The summed E-state index contributed by atoms with van der Waals surface area (Å²) in [4.78, 5) is 14.9. The molecule has 0 fully saturated rings. The van der Waals surface area contributed by atoms with Gasteiger partial charge in [0.25, 0.3) is 5.91 Å². The van der Waals surface area contributed by atoms with Crippen molar-refractivity contribution in [2.45, 2.75) is 17.9 Å². The molecule has 5 nitrogen and oxygen atoms in total. The van der Waals surface area contributed by atoms with Gasteiger partial charge in [0, 0.05) is 12.5 Å². The normalized spacial score (nSPS) is 11.4. The van der Waals surface area contributed by atoms with Crippen LogP contribution < -0.4 is 5.73 Å². The quantitative estimate of drug-likeness (QED) is 0.823. The number of rotatable bonds is 4. The summed E-state index contributed by atoms with van der Waals surface area (Å²) in [6, 6.07) is 1.46. The third kappa shape index (κ3) is 2.79. The molecule has 1 aromatic rings. The highest BCUT2D eigenvalue weighted by atomic mass is 32.2. The topological polar surface area (TPSA) is 90.1 Å². The van der Waals surface area contributed by atoms with Crippen molar-refractivity contribution in [2.75, 3.05) is 6.26 Å². The van der Waals surface area contributed by atoms with Crippen molar-refractivity contribution in [1.82, 2.24) is 4.98 Å². The molecule has 1 amide bonds. The summed E-state index contributed by atoms with van der Waals surface area (Å²) in [6.45, 7) is 3.66. The van der Waals surface area contributed by atoms with Gasteiger partial charge in [-0.1, -0.05) is 6.92 Å². The van der Waals surface area contributed by atoms with Crippen LogP contribution in [-0.2, 0) is 16.3 Å². The molecule has 87 valence electrons. The molecule has 0 aliphatic carbocycles. The molecule has 1 aromatic heterocycles. The number of aromatic nitrogens is 1. The lowest BCUT2D eigenvalue weighted by Gasteiger charge is -2.06. The van der Waals surface area contributed by atoms with Crippen LogP contribution in [0.1, 0.15) is 22.3 Å². The van der Waals surface area contributed by atoms with Gasteiger partial charge in [-0.3, -0.25) is 4.79 Å². The van der Waals surface area contributed by atoms with Crippen LogP contribution in [0.4, 0.5) is 0 Å². The van der Waals surface area contributed by atoms with Crippen LogP contribution in [-0.4, -0.2) is 25.6 Å². The third-order valence-corrected chi connectivity index (χ3v) is 3.02. The average molecular weight is 241 g/mol. The Kier molecular flexibility index (Phi) is 3.64. The second kappa shape index (κ2) is 4.61. The summed E-state index contributed by atoms with van der Waals surface area (Å²) in [7, 11) is -3.54. The van der Waals surface area contributed by atoms with Gasteiger partial charge in [-0.25, -0.2) is 13.4 Å². The van der Waals surface area contributed by atoms with Crippen molar-refractivity contribution < 1.29 is 13.2 Å². The monoisotopic (exact) mass is 241 g/mol. The first-order valence-electron chi connectivity index (χ1n) is 4.64. The van der Waals surface area contributed by atoms with E-state index in [1.54, 1.807) is 0 Å². The van der Waals surface area contributed by atoms with E-state index >= 15 is 0 Å². The van der Waals surface area contributed by atoms with E-state index in [0.29, 0.717) is 12.8 Å². The first-order chi connectivity index (χ1) is 7.36. The van der Waals surface area contributed by atoms with Crippen LogP contribution in [0.5, 0.6) is 0 Å². The number of primary amides is 1. The highest BCUT2D eigenvalue weighted by molar-refractivity contribution is 7.90. The minimum absolute atomic E-state index is 0.0616. The van der Waals surface area contributed by atoms with Gasteiger partial charge in [-0.2, -0.15) is 0 Å². The molecule has 0 aliphatic heterocycles. The fourth-order valence-corrected chi connectivity index (χ4v) is 2.11. The summed E-state index contributed by atoms with van der Waals surface area (Å²) in [5.41, 5.74) is 5.80. The van der Waals surface area contributed by atoms with Crippen LogP contribution in [0.25, 0.3) is 0 Å². The van der Waals surface area contributed by atoms with Gasteiger partial charge < -0.3 is 5.73 Å².